The molecule has 0 spiro atoms. The molecule has 0 saturated carbocycles. The van der Waals surface area contributed by atoms with Gasteiger partial charge in [-0.05, 0) is 30.3 Å². The molecular formula is C15H27NO4Si. The Labute approximate surface area is 128 Å². The number of carbonyl (C=O) groups is 1. The average Bonchev–Trinajstić information content (AvgIpc) is 2.89. The van der Waals surface area contributed by atoms with Crippen LogP contribution in [0.1, 0.15) is 39.1 Å². The number of rotatable bonds is 6. The first-order valence-electron chi connectivity index (χ1n) is 7.10. The topological polar surface area (TPSA) is 51.9 Å². The van der Waals surface area contributed by atoms with E-state index in [2.05, 4.69) is 33.9 Å². The molecule has 0 N–H and O–H groups in total. The van der Waals surface area contributed by atoms with Gasteiger partial charge in [-0.15, -0.1) is 0 Å². The maximum atomic E-state index is 12.1. The molecule has 0 saturated heterocycles. The van der Waals surface area contributed by atoms with Crippen LogP contribution in [0.15, 0.2) is 22.8 Å². The highest BCUT2D eigenvalue weighted by Crippen LogP contribution is 2.40. The molecule has 0 radical (unpaired) electrons. The molecule has 1 amide bonds. The van der Waals surface area contributed by atoms with Gasteiger partial charge in [0.05, 0.1) is 19.8 Å². The van der Waals surface area contributed by atoms with E-state index in [1.165, 1.54) is 12.2 Å². The largest absolute Gasteiger partial charge is 0.467 e. The van der Waals surface area contributed by atoms with Crippen LogP contribution in [0.2, 0.25) is 18.1 Å². The molecule has 0 bridgehead atoms. The zero-order valence-electron chi connectivity index (χ0n) is 14.1. The van der Waals surface area contributed by atoms with Crippen molar-refractivity contribution in [1.29, 1.82) is 0 Å². The predicted octanol–water partition coefficient (Wildman–Crippen LogP) is 3.75. The summed E-state index contributed by atoms with van der Waals surface area (Å²) >= 11 is 0. The Bertz CT molecular complexity index is 451. The van der Waals surface area contributed by atoms with E-state index in [1.807, 2.05) is 12.1 Å². The Hall–Kier alpha value is -1.11. The average molecular weight is 313 g/mol. The van der Waals surface area contributed by atoms with Crippen molar-refractivity contribution in [2.45, 2.75) is 51.4 Å². The first kappa shape index (κ1) is 17.9. The number of furan rings is 1. The lowest BCUT2D eigenvalue weighted by Gasteiger charge is -2.38. The molecule has 1 atom stereocenters. The van der Waals surface area contributed by atoms with E-state index >= 15 is 0 Å². The first-order chi connectivity index (χ1) is 9.58. The summed E-state index contributed by atoms with van der Waals surface area (Å²) in [6.07, 6.45) is 1.41. The van der Waals surface area contributed by atoms with E-state index in [9.17, 15) is 4.79 Å². The summed E-state index contributed by atoms with van der Waals surface area (Å²) in [5, 5.41) is 1.28. The van der Waals surface area contributed by atoms with Crippen molar-refractivity contribution < 1.29 is 18.5 Å². The maximum absolute atomic E-state index is 12.1. The summed E-state index contributed by atoms with van der Waals surface area (Å²) in [6, 6.07) is 3.65. The molecule has 1 rings (SSSR count). The first-order valence-corrected chi connectivity index (χ1v) is 10.0. The highest BCUT2D eigenvalue weighted by molar-refractivity contribution is 6.74. The number of hydroxylamine groups is 2. The fourth-order valence-corrected chi connectivity index (χ4v) is 2.86. The van der Waals surface area contributed by atoms with Crippen molar-refractivity contribution >= 4 is 14.2 Å². The number of nitrogens with zero attached hydrogens (tertiary/aromatic N) is 1. The van der Waals surface area contributed by atoms with Crippen LogP contribution in [0, 0.1) is 0 Å². The Morgan fingerprint density at radius 1 is 1.43 bits per heavy atom. The maximum Gasteiger partial charge on any atom is 0.248 e. The zero-order chi connectivity index (χ0) is 16.3. The zero-order valence-corrected chi connectivity index (χ0v) is 15.1. The van der Waals surface area contributed by atoms with E-state index in [1.54, 1.807) is 13.3 Å². The van der Waals surface area contributed by atoms with Crippen LogP contribution in [-0.4, -0.2) is 33.4 Å². The van der Waals surface area contributed by atoms with Gasteiger partial charge >= 0.3 is 0 Å². The lowest BCUT2D eigenvalue weighted by molar-refractivity contribution is -0.170. The second-order valence-corrected chi connectivity index (χ2v) is 11.4. The highest BCUT2D eigenvalue weighted by atomic mass is 28.4. The van der Waals surface area contributed by atoms with Gasteiger partial charge in [-0.3, -0.25) is 9.63 Å². The number of hydrogen-bond donors (Lipinski definition) is 0. The van der Waals surface area contributed by atoms with Gasteiger partial charge in [0.15, 0.2) is 8.32 Å². The van der Waals surface area contributed by atoms with E-state index in [0.29, 0.717) is 5.76 Å². The molecule has 21 heavy (non-hydrogen) atoms. The molecule has 120 valence electrons. The fourth-order valence-electron chi connectivity index (χ4n) is 1.60. The number of carbonyl (C=O) groups excluding carboxylic acids is 1. The molecule has 1 heterocycles. The van der Waals surface area contributed by atoms with Crippen molar-refractivity contribution in [3.63, 3.8) is 0 Å². The molecular weight excluding hydrogens is 286 g/mol. The van der Waals surface area contributed by atoms with Crippen LogP contribution in [0.25, 0.3) is 0 Å². The number of amides is 1. The van der Waals surface area contributed by atoms with Gasteiger partial charge in [-0.2, -0.15) is 0 Å². The van der Waals surface area contributed by atoms with Gasteiger partial charge in [0.25, 0.3) is 0 Å². The molecule has 6 heteroatoms. The molecule has 0 aliphatic rings. The van der Waals surface area contributed by atoms with Crippen LogP contribution in [0.5, 0.6) is 0 Å². The smallest absolute Gasteiger partial charge is 0.248 e. The van der Waals surface area contributed by atoms with Gasteiger partial charge < -0.3 is 8.84 Å². The van der Waals surface area contributed by atoms with Crippen LogP contribution >= 0.6 is 0 Å². The van der Waals surface area contributed by atoms with E-state index < -0.39 is 8.32 Å². The van der Waals surface area contributed by atoms with E-state index in [4.69, 9.17) is 13.7 Å². The summed E-state index contributed by atoms with van der Waals surface area (Å²) in [7, 11) is 1.05. The normalized spacial score (nSPS) is 14.0. The van der Waals surface area contributed by atoms with Crippen molar-refractivity contribution in [3.05, 3.63) is 24.2 Å². The molecule has 0 aromatic carbocycles. The van der Waals surface area contributed by atoms with Crippen LogP contribution in [0.4, 0.5) is 0 Å². The van der Waals surface area contributed by atoms with Gasteiger partial charge in [0.2, 0.25) is 5.91 Å². The summed E-state index contributed by atoms with van der Waals surface area (Å²) in [6.45, 7) is 10.8. The monoisotopic (exact) mass is 313 g/mol. The summed E-state index contributed by atoms with van der Waals surface area (Å²) < 4.78 is 11.8. The molecule has 1 aromatic rings. The molecule has 1 aromatic heterocycles. The standard InChI is InChI=1S/C15H27NO4Si/c1-15(2,3)21(6,7)20-13(12-9-8-10-19-12)11-14(17)16(4)18-5/h8-10,13H,11H2,1-7H3/t13-/m0/s1. The van der Waals surface area contributed by atoms with Crippen molar-refractivity contribution in [3.8, 4) is 0 Å². The predicted molar refractivity (Wildman–Crippen MR) is 84.1 cm³/mol. The quantitative estimate of drug-likeness (QED) is 0.593. The Morgan fingerprint density at radius 3 is 2.48 bits per heavy atom. The Morgan fingerprint density at radius 2 is 2.05 bits per heavy atom. The second kappa shape index (κ2) is 6.77. The van der Waals surface area contributed by atoms with Gasteiger partial charge in [0.1, 0.15) is 11.9 Å². The van der Waals surface area contributed by atoms with Gasteiger partial charge in [-0.25, -0.2) is 5.06 Å². The van der Waals surface area contributed by atoms with Crippen molar-refractivity contribution in [2.24, 2.45) is 0 Å². The fraction of sp³-hybridized carbons (Fsp3) is 0.667. The van der Waals surface area contributed by atoms with Crippen LogP contribution < -0.4 is 0 Å². The van der Waals surface area contributed by atoms with Gasteiger partial charge in [0, 0.05) is 7.05 Å². The molecule has 0 fully saturated rings. The molecule has 0 unspecified atom stereocenters. The summed E-state index contributed by atoms with van der Waals surface area (Å²) in [5.74, 6) is 0.537. The molecule has 0 aliphatic carbocycles. The third-order valence-corrected chi connectivity index (χ3v) is 8.57. The lowest BCUT2D eigenvalue weighted by Crippen LogP contribution is -2.42. The van der Waals surface area contributed by atoms with Crippen LogP contribution in [0.3, 0.4) is 0 Å². The lowest BCUT2D eigenvalue weighted by atomic mass is 10.2. The number of hydrogen-bond acceptors (Lipinski definition) is 4. The highest BCUT2D eigenvalue weighted by Gasteiger charge is 2.40. The Balaban J connectivity index is 2.92. The van der Waals surface area contributed by atoms with Crippen molar-refractivity contribution in [2.75, 3.05) is 14.2 Å². The van der Waals surface area contributed by atoms with Crippen molar-refractivity contribution in [1.82, 2.24) is 5.06 Å². The minimum atomic E-state index is -2.01. The molecule has 5 nitrogen and oxygen atoms in total. The third kappa shape index (κ3) is 4.69. The SMILES string of the molecule is CON(C)C(=O)C[C@H](O[Si](C)(C)C(C)(C)C)c1ccco1. The summed E-state index contributed by atoms with van der Waals surface area (Å²) in [4.78, 5) is 17.0. The van der Waals surface area contributed by atoms with Crippen LogP contribution in [-0.2, 0) is 14.1 Å². The van der Waals surface area contributed by atoms with Gasteiger partial charge in [-0.1, -0.05) is 20.8 Å². The summed E-state index contributed by atoms with van der Waals surface area (Å²) in [5.41, 5.74) is 0. The van der Waals surface area contributed by atoms with E-state index in [-0.39, 0.29) is 23.5 Å². The van der Waals surface area contributed by atoms with E-state index in [0.717, 1.165) is 0 Å². The second-order valence-electron chi connectivity index (χ2n) is 6.66. The third-order valence-electron chi connectivity index (χ3n) is 4.09. The molecule has 0 aliphatic heterocycles. The Kier molecular flexibility index (Phi) is 5.78. The minimum absolute atomic E-state index is 0.0635. The minimum Gasteiger partial charge on any atom is -0.467 e.